The number of nitrogens with zero attached hydrogens (tertiary/aromatic N) is 1. The third-order valence-corrected chi connectivity index (χ3v) is 3.58. The number of rotatable bonds is 4. The van der Waals surface area contributed by atoms with Crippen molar-refractivity contribution >= 4 is 21.6 Å². The number of benzene rings is 1. The lowest BCUT2D eigenvalue weighted by Crippen LogP contribution is -2.30. The van der Waals surface area contributed by atoms with E-state index in [1.54, 1.807) is 0 Å². The van der Waals surface area contributed by atoms with E-state index >= 15 is 0 Å². The molecule has 0 atom stereocenters. The van der Waals surface area contributed by atoms with E-state index in [-0.39, 0.29) is 0 Å². The molecule has 15 heavy (non-hydrogen) atoms. The molecule has 0 spiro atoms. The molecule has 0 radical (unpaired) electrons. The van der Waals surface area contributed by atoms with Crippen LogP contribution in [0.2, 0.25) is 0 Å². The minimum Gasteiger partial charge on any atom is -0.371 e. The zero-order valence-corrected chi connectivity index (χ0v) is 10.7. The molecule has 1 aliphatic heterocycles. The van der Waals surface area contributed by atoms with E-state index < -0.39 is 0 Å². The average molecular weight is 268 g/mol. The molecule has 0 saturated carbocycles. The summed E-state index contributed by atoms with van der Waals surface area (Å²) >= 11 is 3.49. The van der Waals surface area contributed by atoms with Gasteiger partial charge in [-0.25, -0.2) is 0 Å². The lowest BCUT2D eigenvalue weighted by molar-refractivity contribution is 0.661. The largest absolute Gasteiger partial charge is 0.371 e. The van der Waals surface area contributed by atoms with Gasteiger partial charge in [0.2, 0.25) is 0 Å². The van der Waals surface area contributed by atoms with Gasteiger partial charge < -0.3 is 4.90 Å². The number of halogens is 1. The highest BCUT2D eigenvalue weighted by atomic mass is 79.9. The fourth-order valence-corrected chi connectivity index (χ4v) is 2.64. The van der Waals surface area contributed by atoms with Crippen LogP contribution in [0.1, 0.15) is 24.8 Å². The molecule has 1 heterocycles. The quantitative estimate of drug-likeness (QED) is 0.595. The minimum absolute atomic E-state index is 1.13. The molecular weight excluding hydrogens is 250 g/mol. The van der Waals surface area contributed by atoms with Gasteiger partial charge in [-0.3, -0.25) is 0 Å². The maximum atomic E-state index is 3.49. The van der Waals surface area contributed by atoms with Crippen molar-refractivity contribution in [2.75, 3.05) is 23.3 Å². The summed E-state index contributed by atoms with van der Waals surface area (Å²) in [6.07, 6.45) is 5.13. The molecule has 0 fully saturated rings. The van der Waals surface area contributed by atoms with Gasteiger partial charge in [0, 0.05) is 24.1 Å². The zero-order valence-electron chi connectivity index (χ0n) is 9.08. The van der Waals surface area contributed by atoms with Gasteiger partial charge >= 0.3 is 0 Å². The van der Waals surface area contributed by atoms with E-state index in [0.29, 0.717) is 0 Å². The highest BCUT2D eigenvalue weighted by Gasteiger charge is 2.14. The number of unbranched alkanes of at least 4 members (excludes halogenated alkanes) is 1. The number of alkyl halides is 1. The van der Waals surface area contributed by atoms with Crippen LogP contribution in [0.15, 0.2) is 24.3 Å². The first-order valence-electron chi connectivity index (χ1n) is 5.80. The molecule has 0 aromatic heterocycles. The normalized spacial score (nSPS) is 15.1. The third-order valence-electron chi connectivity index (χ3n) is 3.02. The number of hydrogen-bond donors (Lipinski definition) is 0. The van der Waals surface area contributed by atoms with Gasteiger partial charge in [-0.15, -0.1) is 0 Å². The molecule has 2 heteroatoms. The van der Waals surface area contributed by atoms with Crippen LogP contribution in [0.25, 0.3) is 0 Å². The van der Waals surface area contributed by atoms with Crippen LogP contribution < -0.4 is 4.90 Å². The summed E-state index contributed by atoms with van der Waals surface area (Å²) in [5.41, 5.74) is 3.00. The molecule has 0 N–H and O–H groups in total. The van der Waals surface area contributed by atoms with Gasteiger partial charge in [-0.05, 0) is 37.3 Å². The van der Waals surface area contributed by atoms with Crippen molar-refractivity contribution in [2.24, 2.45) is 0 Å². The van der Waals surface area contributed by atoms with E-state index in [2.05, 4.69) is 45.1 Å². The molecule has 0 unspecified atom stereocenters. The van der Waals surface area contributed by atoms with Gasteiger partial charge in [-0.2, -0.15) is 0 Å². The summed E-state index contributed by atoms with van der Waals surface area (Å²) in [6.45, 7) is 2.45. The van der Waals surface area contributed by atoms with Crippen LogP contribution >= 0.6 is 15.9 Å². The molecule has 0 saturated heterocycles. The van der Waals surface area contributed by atoms with Crippen LogP contribution in [0.4, 0.5) is 5.69 Å². The van der Waals surface area contributed by atoms with E-state index in [4.69, 9.17) is 0 Å². The van der Waals surface area contributed by atoms with Crippen molar-refractivity contribution in [3.63, 3.8) is 0 Å². The minimum atomic E-state index is 1.13. The molecule has 0 bridgehead atoms. The van der Waals surface area contributed by atoms with Crippen LogP contribution in [-0.4, -0.2) is 18.4 Å². The summed E-state index contributed by atoms with van der Waals surface area (Å²) in [4.78, 5) is 2.54. The Bertz CT molecular complexity index is 311. The predicted molar refractivity (Wildman–Crippen MR) is 70.0 cm³/mol. The number of para-hydroxylation sites is 1. The highest BCUT2D eigenvalue weighted by Crippen LogP contribution is 2.26. The summed E-state index contributed by atoms with van der Waals surface area (Å²) in [5.74, 6) is 0. The van der Waals surface area contributed by atoms with Gasteiger partial charge in [0.25, 0.3) is 0 Å². The van der Waals surface area contributed by atoms with Crippen molar-refractivity contribution in [3.05, 3.63) is 29.8 Å². The summed E-state index contributed by atoms with van der Waals surface area (Å²) in [7, 11) is 0. The first-order chi connectivity index (χ1) is 7.42. The zero-order chi connectivity index (χ0) is 10.5. The topological polar surface area (TPSA) is 3.24 Å². The molecule has 0 amide bonds. The molecule has 1 aliphatic rings. The maximum absolute atomic E-state index is 3.49. The molecule has 0 aliphatic carbocycles. The van der Waals surface area contributed by atoms with Crippen molar-refractivity contribution in [3.8, 4) is 0 Å². The molecule has 2 rings (SSSR count). The first kappa shape index (κ1) is 11.0. The van der Waals surface area contributed by atoms with Crippen LogP contribution in [0.5, 0.6) is 0 Å². The smallest absolute Gasteiger partial charge is 0.0398 e. The van der Waals surface area contributed by atoms with Crippen LogP contribution in [-0.2, 0) is 6.42 Å². The van der Waals surface area contributed by atoms with Gasteiger partial charge in [-0.1, -0.05) is 34.1 Å². The number of hydrogen-bond acceptors (Lipinski definition) is 1. The van der Waals surface area contributed by atoms with E-state index in [0.717, 1.165) is 5.33 Å². The summed E-state index contributed by atoms with van der Waals surface area (Å²) in [6, 6.07) is 8.84. The molecule has 1 aromatic carbocycles. The third kappa shape index (κ3) is 2.75. The Labute approximate surface area is 101 Å². The SMILES string of the molecule is BrCCCCN1CCCc2ccccc21. The van der Waals surface area contributed by atoms with Crippen molar-refractivity contribution in [1.29, 1.82) is 0 Å². The maximum Gasteiger partial charge on any atom is 0.0398 e. The van der Waals surface area contributed by atoms with Gasteiger partial charge in [0.05, 0.1) is 0 Å². The molecule has 82 valence electrons. The Morgan fingerprint density at radius 2 is 2.07 bits per heavy atom. The summed E-state index contributed by atoms with van der Waals surface area (Å²) < 4.78 is 0. The van der Waals surface area contributed by atoms with Crippen molar-refractivity contribution in [2.45, 2.75) is 25.7 Å². The number of fused-ring (bicyclic) bond motifs is 1. The van der Waals surface area contributed by atoms with Crippen molar-refractivity contribution in [1.82, 2.24) is 0 Å². The molecule has 1 aromatic rings. The van der Waals surface area contributed by atoms with Crippen LogP contribution in [0, 0.1) is 0 Å². The monoisotopic (exact) mass is 267 g/mol. The average Bonchev–Trinajstić information content (AvgIpc) is 2.30. The highest BCUT2D eigenvalue weighted by molar-refractivity contribution is 9.09. The van der Waals surface area contributed by atoms with E-state index in [1.807, 2.05) is 0 Å². The Morgan fingerprint density at radius 3 is 2.93 bits per heavy atom. The number of aryl methyl sites for hydroxylation is 1. The Balaban J connectivity index is 2.02. The van der Waals surface area contributed by atoms with Crippen molar-refractivity contribution < 1.29 is 0 Å². The van der Waals surface area contributed by atoms with E-state index in [1.165, 1.54) is 50.0 Å². The lowest BCUT2D eigenvalue weighted by Gasteiger charge is -2.31. The second-order valence-corrected chi connectivity index (χ2v) is 4.91. The first-order valence-corrected chi connectivity index (χ1v) is 6.93. The Kier molecular flexibility index (Phi) is 4.07. The van der Waals surface area contributed by atoms with E-state index in [9.17, 15) is 0 Å². The predicted octanol–water partition coefficient (Wildman–Crippen LogP) is 3.61. The fourth-order valence-electron chi connectivity index (χ4n) is 2.24. The fraction of sp³-hybridized carbons (Fsp3) is 0.538. The summed E-state index contributed by atoms with van der Waals surface area (Å²) in [5, 5.41) is 1.13. The molecule has 1 nitrogen and oxygen atoms in total. The standard InChI is InChI=1S/C13H18BrN/c14-9-3-4-10-15-11-5-7-12-6-1-2-8-13(12)15/h1-2,6,8H,3-5,7,9-11H2. The Morgan fingerprint density at radius 1 is 1.20 bits per heavy atom. The number of anilines is 1. The second kappa shape index (κ2) is 5.55. The lowest BCUT2D eigenvalue weighted by atomic mass is 10.0. The van der Waals surface area contributed by atoms with Gasteiger partial charge in [0.15, 0.2) is 0 Å². The second-order valence-electron chi connectivity index (χ2n) is 4.12. The van der Waals surface area contributed by atoms with Crippen LogP contribution in [0.3, 0.4) is 0 Å². The van der Waals surface area contributed by atoms with Gasteiger partial charge in [0.1, 0.15) is 0 Å². The Hall–Kier alpha value is -0.500. The molecular formula is C13H18BrN.